The summed E-state index contributed by atoms with van der Waals surface area (Å²) in [5.74, 6) is -1.65. The summed E-state index contributed by atoms with van der Waals surface area (Å²) >= 11 is 0. The third-order valence-corrected chi connectivity index (χ3v) is 1.76. The highest BCUT2D eigenvalue weighted by molar-refractivity contribution is 5.90. The highest BCUT2D eigenvalue weighted by Crippen LogP contribution is 2.18. The predicted molar refractivity (Wildman–Crippen MR) is 48.4 cm³/mol. The molecule has 0 bridgehead atoms. The SMILES string of the molecule is CCOC(=O)[C@@H]1OC(=O)O[C@H]1C(=O)OCC. The van der Waals surface area contributed by atoms with Gasteiger partial charge in [-0.15, -0.1) is 0 Å². The summed E-state index contributed by atoms with van der Waals surface area (Å²) in [5, 5.41) is 0. The smallest absolute Gasteiger partial charge is 0.463 e. The molecule has 0 spiro atoms. The molecule has 0 N–H and O–H groups in total. The van der Waals surface area contributed by atoms with Crippen molar-refractivity contribution in [2.45, 2.75) is 26.1 Å². The topological polar surface area (TPSA) is 88.1 Å². The maximum absolute atomic E-state index is 11.3. The van der Waals surface area contributed by atoms with E-state index >= 15 is 0 Å². The largest absolute Gasteiger partial charge is 0.510 e. The lowest BCUT2D eigenvalue weighted by molar-refractivity contribution is -0.163. The van der Waals surface area contributed by atoms with E-state index in [9.17, 15) is 14.4 Å². The molecule has 0 aromatic rings. The predicted octanol–water partition coefficient (Wildman–Crippen LogP) is 0.0166. The molecule has 0 aromatic carbocycles. The van der Waals surface area contributed by atoms with E-state index in [-0.39, 0.29) is 13.2 Å². The molecule has 2 atom stereocenters. The van der Waals surface area contributed by atoms with Gasteiger partial charge in [-0.1, -0.05) is 0 Å². The van der Waals surface area contributed by atoms with Crippen molar-refractivity contribution in [1.29, 1.82) is 0 Å². The van der Waals surface area contributed by atoms with Crippen LogP contribution in [-0.4, -0.2) is 43.5 Å². The summed E-state index contributed by atoms with van der Waals surface area (Å²) < 4.78 is 18.3. The van der Waals surface area contributed by atoms with Crippen LogP contribution in [-0.2, 0) is 28.5 Å². The van der Waals surface area contributed by atoms with Crippen molar-refractivity contribution in [3.8, 4) is 0 Å². The second-order valence-electron chi connectivity index (χ2n) is 2.83. The monoisotopic (exact) mass is 232 g/mol. The molecule has 16 heavy (non-hydrogen) atoms. The van der Waals surface area contributed by atoms with Crippen molar-refractivity contribution < 1.29 is 33.3 Å². The molecule has 0 aliphatic carbocycles. The number of carbonyl (C=O) groups is 3. The molecule has 1 fully saturated rings. The van der Waals surface area contributed by atoms with Gasteiger partial charge in [-0.3, -0.25) is 0 Å². The van der Waals surface area contributed by atoms with Gasteiger partial charge in [0.15, 0.2) is 0 Å². The van der Waals surface area contributed by atoms with Crippen molar-refractivity contribution in [3.05, 3.63) is 0 Å². The van der Waals surface area contributed by atoms with Crippen LogP contribution in [0.2, 0.25) is 0 Å². The Balaban J connectivity index is 2.69. The fourth-order valence-electron chi connectivity index (χ4n) is 1.15. The Bertz CT molecular complexity index is 270. The first kappa shape index (κ1) is 12.3. The summed E-state index contributed by atoms with van der Waals surface area (Å²) in [6, 6.07) is 0. The molecule has 0 saturated carbocycles. The molecule has 1 heterocycles. The van der Waals surface area contributed by atoms with Gasteiger partial charge < -0.3 is 18.9 Å². The van der Waals surface area contributed by atoms with Gasteiger partial charge in [0.2, 0.25) is 12.2 Å². The lowest BCUT2D eigenvalue weighted by atomic mass is 10.2. The van der Waals surface area contributed by atoms with Gasteiger partial charge >= 0.3 is 18.1 Å². The number of cyclic esters (lactones) is 2. The summed E-state index contributed by atoms with van der Waals surface area (Å²) in [5.41, 5.74) is 0. The molecule has 1 aliphatic heterocycles. The maximum atomic E-state index is 11.3. The third kappa shape index (κ3) is 2.62. The minimum atomic E-state index is -1.38. The molecular formula is C9H12O7. The van der Waals surface area contributed by atoms with Crippen LogP contribution in [0.4, 0.5) is 4.79 Å². The minimum Gasteiger partial charge on any atom is -0.463 e. The Labute approximate surface area is 91.6 Å². The Hall–Kier alpha value is -1.79. The van der Waals surface area contributed by atoms with Gasteiger partial charge in [-0.2, -0.15) is 0 Å². The first-order valence-electron chi connectivity index (χ1n) is 4.80. The van der Waals surface area contributed by atoms with E-state index in [2.05, 4.69) is 18.9 Å². The van der Waals surface area contributed by atoms with Crippen LogP contribution in [0.1, 0.15) is 13.8 Å². The first-order chi connectivity index (χ1) is 7.60. The lowest BCUT2D eigenvalue weighted by Gasteiger charge is -2.12. The number of rotatable bonds is 4. The number of esters is 2. The van der Waals surface area contributed by atoms with Gasteiger partial charge in [0.1, 0.15) is 0 Å². The normalized spacial score (nSPS) is 23.2. The molecule has 0 amide bonds. The van der Waals surface area contributed by atoms with E-state index in [4.69, 9.17) is 0 Å². The molecule has 0 unspecified atom stereocenters. The number of carbonyl (C=O) groups excluding carboxylic acids is 3. The summed E-state index contributed by atoms with van der Waals surface area (Å²) in [7, 11) is 0. The van der Waals surface area contributed by atoms with E-state index in [1.807, 2.05) is 0 Å². The fraction of sp³-hybridized carbons (Fsp3) is 0.667. The average Bonchev–Trinajstić information content (AvgIpc) is 2.61. The molecule has 7 heteroatoms. The zero-order valence-corrected chi connectivity index (χ0v) is 8.93. The van der Waals surface area contributed by atoms with Gasteiger partial charge in [-0.05, 0) is 13.8 Å². The third-order valence-electron chi connectivity index (χ3n) is 1.76. The van der Waals surface area contributed by atoms with Gasteiger partial charge in [-0.25, -0.2) is 14.4 Å². The molecule has 1 aliphatic rings. The lowest BCUT2D eigenvalue weighted by Crippen LogP contribution is -2.39. The van der Waals surface area contributed by atoms with E-state index in [0.717, 1.165) is 0 Å². The average molecular weight is 232 g/mol. The van der Waals surface area contributed by atoms with Crippen molar-refractivity contribution in [1.82, 2.24) is 0 Å². The molecule has 90 valence electrons. The van der Waals surface area contributed by atoms with Crippen LogP contribution in [0.3, 0.4) is 0 Å². The second kappa shape index (κ2) is 5.34. The quantitative estimate of drug-likeness (QED) is 0.498. The van der Waals surface area contributed by atoms with Crippen molar-refractivity contribution in [2.75, 3.05) is 13.2 Å². The van der Waals surface area contributed by atoms with E-state index in [1.54, 1.807) is 13.8 Å². The number of hydrogen-bond donors (Lipinski definition) is 0. The molecule has 1 rings (SSSR count). The minimum absolute atomic E-state index is 0.114. The Morgan fingerprint density at radius 1 is 1.06 bits per heavy atom. The van der Waals surface area contributed by atoms with E-state index in [0.29, 0.717) is 0 Å². The Morgan fingerprint density at radius 3 is 1.75 bits per heavy atom. The number of hydrogen-bond acceptors (Lipinski definition) is 7. The highest BCUT2D eigenvalue weighted by Gasteiger charge is 2.48. The molecular weight excluding hydrogens is 220 g/mol. The standard InChI is InChI=1S/C9H12O7/c1-3-13-7(10)5-6(8(11)14-4-2)16-9(12)15-5/h5-6H,3-4H2,1-2H3/t5-,6-/m1/s1. The zero-order chi connectivity index (χ0) is 12.1. The van der Waals surface area contributed by atoms with Crippen LogP contribution >= 0.6 is 0 Å². The second-order valence-corrected chi connectivity index (χ2v) is 2.83. The summed E-state index contributed by atoms with van der Waals surface area (Å²) in [6.07, 6.45) is -3.85. The van der Waals surface area contributed by atoms with Gasteiger partial charge in [0.05, 0.1) is 13.2 Å². The Morgan fingerprint density at radius 2 is 1.44 bits per heavy atom. The Kier molecular flexibility index (Phi) is 4.10. The van der Waals surface area contributed by atoms with Crippen molar-refractivity contribution >= 4 is 18.1 Å². The molecule has 0 aromatic heterocycles. The van der Waals surface area contributed by atoms with Crippen LogP contribution in [0.5, 0.6) is 0 Å². The highest BCUT2D eigenvalue weighted by atomic mass is 16.8. The van der Waals surface area contributed by atoms with Gasteiger partial charge in [0.25, 0.3) is 0 Å². The number of ether oxygens (including phenoxy) is 4. The van der Waals surface area contributed by atoms with Crippen molar-refractivity contribution in [2.24, 2.45) is 0 Å². The van der Waals surface area contributed by atoms with Gasteiger partial charge in [0, 0.05) is 0 Å². The van der Waals surface area contributed by atoms with Crippen LogP contribution in [0, 0.1) is 0 Å². The van der Waals surface area contributed by atoms with Crippen LogP contribution in [0.15, 0.2) is 0 Å². The zero-order valence-electron chi connectivity index (χ0n) is 8.93. The van der Waals surface area contributed by atoms with E-state index in [1.165, 1.54) is 0 Å². The molecule has 7 nitrogen and oxygen atoms in total. The van der Waals surface area contributed by atoms with Crippen LogP contribution < -0.4 is 0 Å². The fourth-order valence-corrected chi connectivity index (χ4v) is 1.15. The van der Waals surface area contributed by atoms with Crippen LogP contribution in [0.25, 0.3) is 0 Å². The maximum Gasteiger partial charge on any atom is 0.510 e. The molecule has 1 saturated heterocycles. The summed E-state index contributed by atoms with van der Waals surface area (Å²) in [6.45, 7) is 3.41. The summed E-state index contributed by atoms with van der Waals surface area (Å²) in [4.78, 5) is 33.5. The van der Waals surface area contributed by atoms with Crippen molar-refractivity contribution in [3.63, 3.8) is 0 Å². The molecule has 0 radical (unpaired) electrons. The van der Waals surface area contributed by atoms with E-state index < -0.39 is 30.3 Å². The first-order valence-corrected chi connectivity index (χ1v) is 4.80.